The van der Waals surface area contributed by atoms with Gasteiger partial charge in [-0.3, -0.25) is 14.4 Å². The van der Waals surface area contributed by atoms with Crippen LogP contribution in [0.1, 0.15) is 15.2 Å². The smallest absolute Gasteiger partial charge is 0.325 e. The summed E-state index contributed by atoms with van der Waals surface area (Å²) >= 11 is 1.25. The van der Waals surface area contributed by atoms with Crippen molar-refractivity contribution in [3.63, 3.8) is 0 Å². The van der Waals surface area contributed by atoms with Gasteiger partial charge in [0.25, 0.3) is 11.8 Å². The highest BCUT2D eigenvalue weighted by atomic mass is 32.1. The third-order valence-electron chi connectivity index (χ3n) is 2.91. The van der Waals surface area contributed by atoms with Gasteiger partial charge in [0.05, 0.1) is 4.88 Å². The summed E-state index contributed by atoms with van der Waals surface area (Å²) in [5, 5.41) is 6.69. The summed E-state index contributed by atoms with van der Waals surface area (Å²) in [5.74, 6) is -1.93. The Kier molecular flexibility index (Phi) is 6.44. The summed E-state index contributed by atoms with van der Waals surface area (Å²) in [6.07, 6.45) is 0. The molecule has 1 aromatic carbocycles. The molecule has 6 nitrogen and oxygen atoms in total. The van der Waals surface area contributed by atoms with Crippen LogP contribution in [-0.2, 0) is 20.9 Å². The fourth-order valence-corrected chi connectivity index (χ4v) is 2.34. The number of carbonyl (C=O) groups excluding carboxylic acids is 3. The van der Waals surface area contributed by atoms with E-state index in [0.717, 1.165) is 5.56 Å². The molecule has 2 rings (SSSR count). The predicted molar refractivity (Wildman–Crippen MR) is 85.9 cm³/mol. The molecule has 2 aromatic rings. The van der Waals surface area contributed by atoms with Crippen LogP contribution in [0.5, 0.6) is 0 Å². The Hall–Kier alpha value is -2.74. The van der Waals surface area contributed by atoms with Crippen LogP contribution in [0.3, 0.4) is 0 Å². The zero-order valence-electron chi connectivity index (χ0n) is 12.6. The molecule has 0 aliphatic carbocycles. The highest BCUT2D eigenvalue weighted by Gasteiger charge is 2.11. The number of hydrogen-bond donors (Lipinski definition) is 2. The van der Waals surface area contributed by atoms with Gasteiger partial charge in [-0.15, -0.1) is 11.3 Å². The minimum Gasteiger partial charge on any atom is -0.454 e. The van der Waals surface area contributed by atoms with Crippen molar-refractivity contribution in [2.75, 3.05) is 13.2 Å². The molecule has 1 aromatic heterocycles. The van der Waals surface area contributed by atoms with Gasteiger partial charge in [-0.1, -0.05) is 18.2 Å². The summed E-state index contributed by atoms with van der Waals surface area (Å²) in [6, 6.07) is 9.02. The van der Waals surface area contributed by atoms with E-state index < -0.39 is 18.5 Å². The number of carbonyl (C=O) groups is 3. The van der Waals surface area contributed by atoms with Gasteiger partial charge in [0.1, 0.15) is 12.4 Å². The van der Waals surface area contributed by atoms with Crippen molar-refractivity contribution < 1.29 is 23.5 Å². The molecule has 0 atom stereocenters. The molecule has 2 amide bonds. The second-order valence-electron chi connectivity index (χ2n) is 4.72. The normalized spacial score (nSPS) is 10.0. The maximum atomic E-state index is 12.7. The highest BCUT2D eigenvalue weighted by molar-refractivity contribution is 7.12. The lowest BCUT2D eigenvalue weighted by Crippen LogP contribution is -2.33. The molecular formula is C16H15FN2O4S. The van der Waals surface area contributed by atoms with Gasteiger partial charge in [-0.05, 0) is 29.1 Å². The number of thiophene rings is 1. The van der Waals surface area contributed by atoms with E-state index in [1.54, 1.807) is 29.6 Å². The molecule has 0 radical (unpaired) electrons. The highest BCUT2D eigenvalue weighted by Crippen LogP contribution is 2.07. The molecule has 24 heavy (non-hydrogen) atoms. The summed E-state index contributed by atoms with van der Waals surface area (Å²) in [4.78, 5) is 35.1. The SMILES string of the molecule is O=C(COC(=O)CNC(=O)c1cccs1)NCc1ccc(F)cc1. The maximum Gasteiger partial charge on any atom is 0.325 e. The topological polar surface area (TPSA) is 84.5 Å². The fraction of sp³-hybridized carbons (Fsp3) is 0.188. The van der Waals surface area contributed by atoms with E-state index in [0.29, 0.717) is 4.88 Å². The molecule has 126 valence electrons. The predicted octanol–water partition coefficient (Wildman–Crippen LogP) is 1.48. The molecule has 0 saturated heterocycles. The van der Waals surface area contributed by atoms with Crippen LogP contribution < -0.4 is 10.6 Å². The van der Waals surface area contributed by atoms with E-state index in [2.05, 4.69) is 10.6 Å². The van der Waals surface area contributed by atoms with Gasteiger partial charge in [0.2, 0.25) is 0 Å². The minimum atomic E-state index is -0.711. The zero-order valence-corrected chi connectivity index (χ0v) is 13.4. The molecule has 0 unspecified atom stereocenters. The summed E-state index contributed by atoms with van der Waals surface area (Å²) < 4.78 is 17.5. The van der Waals surface area contributed by atoms with Gasteiger partial charge in [-0.2, -0.15) is 0 Å². The maximum absolute atomic E-state index is 12.7. The molecular weight excluding hydrogens is 335 g/mol. The molecule has 0 spiro atoms. The molecule has 2 N–H and O–H groups in total. The van der Waals surface area contributed by atoms with Crippen molar-refractivity contribution in [3.05, 3.63) is 58.0 Å². The number of esters is 1. The zero-order chi connectivity index (χ0) is 17.4. The first kappa shape index (κ1) is 17.6. The molecule has 0 aliphatic heterocycles. The average Bonchev–Trinajstić information content (AvgIpc) is 3.12. The molecule has 0 fully saturated rings. The number of amides is 2. The van der Waals surface area contributed by atoms with E-state index in [1.807, 2.05) is 0 Å². The number of hydrogen-bond acceptors (Lipinski definition) is 5. The van der Waals surface area contributed by atoms with E-state index in [1.165, 1.54) is 23.5 Å². The quantitative estimate of drug-likeness (QED) is 0.741. The molecule has 0 saturated carbocycles. The Balaban J connectivity index is 1.63. The van der Waals surface area contributed by atoms with Crippen molar-refractivity contribution in [1.29, 1.82) is 0 Å². The van der Waals surface area contributed by atoms with Crippen LogP contribution in [0.4, 0.5) is 4.39 Å². The standard InChI is InChI=1S/C16H15FN2O4S/c17-12-5-3-11(4-6-12)8-18-14(20)10-23-15(21)9-19-16(22)13-2-1-7-24-13/h1-7H,8-10H2,(H,18,20)(H,19,22). The third kappa shape index (κ3) is 5.81. The van der Waals surface area contributed by atoms with Crippen molar-refractivity contribution >= 4 is 29.1 Å². The molecule has 0 aliphatic rings. The molecule has 0 bridgehead atoms. The fourth-order valence-electron chi connectivity index (χ4n) is 1.70. The molecule has 1 heterocycles. The van der Waals surface area contributed by atoms with Crippen LogP contribution >= 0.6 is 11.3 Å². The first-order valence-electron chi connectivity index (χ1n) is 7.03. The van der Waals surface area contributed by atoms with Crippen molar-refractivity contribution in [2.24, 2.45) is 0 Å². The number of ether oxygens (including phenoxy) is 1. The average molecular weight is 350 g/mol. The lowest BCUT2D eigenvalue weighted by atomic mass is 10.2. The van der Waals surface area contributed by atoms with Crippen LogP contribution in [0.25, 0.3) is 0 Å². The van der Waals surface area contributed by atoms with E-state index in [4.69, 9.17) is 4.74 Å². The number of rotatable bonds is 7. The Bertz CT molecular complexity index is 701. The minimum absolute atomic E-state index is 0.200. The summed E-state index contributed by atoms with van der Waals surface area (Å²) in [5.41, 5.74) is 0.722. The van der Waals surface area contributed by atoms with Gasteiger partial charge in [0, 0.05) is 6.54 Å². The Morgan fingerprint density at radius 2 is 1.83 bits per heavy atom. The van der Waals surface area contributed by atoms with Gasteiger partial charge in [-0.25, -0.2) is 4.39 Å². The van der Waals surface area contributed by atoms with E-state index in [-0.39, 0.29) is 24.8 Å². The third-order valence-corrected chi connectivity index (χ3v) is 3.77. The first-order valence-corrected chi connectivity index (χ1v) is 7.91. The largest absolute Gasteiger partial charge is 0.454 e. The van der Waals surface area contributed by atoms with Crippen LogP contribution in [0.2, 0.25) is 0 Å². The number of halogens is 1. The Morgan fingerprint density at radius 1 is 1.08 bits per heavy atom. The second-order valence-corrected chi connectivity index (χ2v) is 5.67. The van der Waals surface area contributed by atoms with Crippen molar-refractivity contribution in [3.8, 4) is 0 Å². The lowest BCUT2D eigenvalue weighted by molar-refractivity contribution is -0.147. The lowest BCUT2D eigenvalue weighted by Gasteiger charge is -2.07. The Morgan fingerprint density at radius 3 is 2.50 bits per heavy atom. The van der Waals surface area contributed by atoms with Gasteiger partial charge >= 0.3 is 5.97 Å². The molecule has 8 heteroatoms. The van der Waals surface area contributed by atoms with Gasteiger partial charge < -0.3 is 15.4 Å². The summed E-state index contributed by atoms with van der Waals surface area (Å²) in [6.45, 7) is -0.567. The van der Waals surface area contributed by atoms with Gasteiger partial charge in [0.15, 0.2) is 6.61 Å². The number of nitrogens with one attached hydrogen (secondary N) is 2. The van der Waals surface area contributed by atoms with Crippen LogP contribution in [0.15, 0.2) is 41.8 Å². The van der Waals surface area contributed by atoms with Crippen molar-refractivity contribution in [1.82, 2.24) is 10.6 Å². The first-order chi connectivity index (χ1) is 11.5. The Labute approximate surface area is 141 Å². The number of benzene rings is 1. The summed E-state index contributed by atoms with van der Waals surface area (Å²) in [7, 11) is 0. The van der Waals surface area contributed by atoms with E-state index >= 15 is 0 Å². The monoisotopic (exact) mass is 350 g/mol. The second kappa shape index (κ2) is 8.78. The van der Waals surface area contributed by atoms with Crippen molar-refractivity contribution in [2.45, 2.75) is 6.54 Å². The van der Waals surface area contributed by atoms with Crippen LogP contribution in [0, 0.1) is 5.82 Å². The van der Waals surface area contributed by atoms with E-state index in [9.17, 15) is 18.8 Å². The van der Waals surface area contributed by atoms with Crippen LogP contribution in [-0.4, -0.2) is 30.9 Å².